The number of benzene rings is 2. The van der Waals surface area contributed by atoms with Crippen LogP contribution in [0.15, 0.2) is 46.9 Å². The largest absolute Gasteiger partial charge is 0.497 e. The van der Waals surface area contributed by atoms with Gasteiger partial charge in [0.05, 0.1) is 25.9 Å². The number of halogens is 5. The summed E-state index contributed by atoms with van der Waals surface area (Å²) in [5, 5.41) is 9.34. The predicted molar refractivity (Wildman–Crippen MR) is 125 cm³/mol. The van der Waals surface area contributed by atoms with Gasteiger partial charge in [0, 0.05) is 17.0 Å². The van der Waals surface area contributed by atoms with Crippen LogP contribution in [0.2, 0.25) is 5.02 Å². The minimum absolute atomic E-state index is 0.0741. The number of amides is 1. The fourth-order valence-electron chi connectivity index (χ4n) is 3.73. The normalized spacial score (nSPS) is 17.5. The van der Waals surface area contributed by atoms with Gasteiger partial charge in [-0.2, -0.15) is 18.3 Å². The smallest absolute Gasteiger partial charge is 0.410 e. The van der Waals surface area contributed by atoms with Crippen LogP contribution in [0, 0.1) is 0 Å². The zero-order chi connectivity index (χ0) is 24.6. The Hall–Kier alpha value is -2.92. The molecule has 2 N–H and O–H groups in total. The molecule has 3 aromatic rings. The van der Waals surface area contributed by atoms with E-state index < -0.39 is 24.2 Å². The van der Waals surface area contributed by atoms with Crippen molar-refractivity contribution in [1.29, 1.82) is 0 Å². The number of hydrogen-bond donors (Lipinski definition) is 2. The second-order valence-electron chi connectivity index (χ2n) is 7.52. The van der Waals surface area contributed by atoms with Gasteiger partial charge in [-0.1, -0.05) is 39.7 Å². The van der Waals surface area contributed by atoms with Crippen molar-refractivity contribution in [3.63, 3.8) is 0 Å². The average Bonchev–Trinajstić information content (AvgIpc) is 3.15. The van der Waals surface area contributed by atoms with Crippen LogP contribution < -0.4 is 20.1 Å². The molecule has 180 valence electrons. The summed E-state index contributed by atoms with van der Waals surface area (Å²) < 4.78 is 53.8. The minimum atomic E-state index is -4.60. The molecule has 12 heteroatoms. The van der Waals surface area contributed by atoms with Crippen LogP contribution in [0.1, 0.15) is 34.6 Å². The van der Waals surface area contributed by atoms with Crippen LogP contribution in [0.4, 0.5) is 24.7 Å². The number of rotatable bonds is 5. The zero-order valence-corrected chi connectivity index (χ0v) is 20.3. The summed E-state index contributed by atoms with van der Waals surface area (Å²) in [7, 11) is 2.89. The first-order valence-electron chi connectivity index (χ1n) is 10.0. The van der Waals surface area contributed by atoms with Gasteiger partial charge >= 0.3 is 6.18 Å². The quantitative estimate of drug-likeness (QED) is 0.388. The number of carbonyl (C=O) groups is 1. The highest BCUT2D eigenvalue weighted by atomic mass is 79.9. The minimum Gasteiger partial charge on any atom is -0.497 e. The van der Waals surface area contributed by atoms with Gasteiger partial charge < -0.3 is 20.1 Å². The number of anilines is 2. The van der Waals surface area contributed by atoms with Crippen molar-refractivity contribution >= 4 is 44.9 Å². The Labute approximate surface area is 206 Å². The van der Waals surface area contributed by atoms with Gasteiger partial charge in [-0.15, -0.1) is 0 Å². The number of methoxy groups -OCH3 is 2. The fraction of sp³-hybridized carbons (Fsp3) is 0.273. The summed E-state index contributed by atoms with van der Waals surface area (Å²) in [6.07, 6.45) is -4.92. The lowest BCUT2D eigenvalue weighted by atomic mass is 9.97. The lowest BCUT2D eigenvalue weighted by molar-refractivity contribution is -0.173. The van der Waals surface area contributed by atoms with E-state index in [1.54, 1.807) is 42.5 Å². The molecule has 2 aromatic carbocycles. The molecule has 0 fully saturated rings. The third kappa shape index (κ3) is 4.67. The van der Waals surface area contributed by atoms with Gasteiger partial charge in [-0.3, -0.25) is 4.79 Å². The maximum atomic E-state index is 14.0. The van der Waals surface area contributed by atoms with Crippen LogP contribution >= 0.6 is 27.5 Å². The molecule has 0 bridgehead atoms. The number of aromatic nitrogens is 2. The van der Waals surface area contributed by atoms with Crippen molar-refractivity contribution in [2.45, 2.75) is 24.7 Å². The van der Waals surface area contributed by atoms with Crippen LogP contribution in [-0.2, 0) is 0 Å². The highest BCUT2D eigenvalue weighted by Gasteiger charge is 2.47. The lowest BCUT2D eigenvalue weighted by Gasteiger charge is -2.33. The number of hydrogen-bond acceptors (Lipinski definition) is 5. The standard InChI is InChI=1S/C22H19BrClF3N4O3/c1-33-13-7-8-14(16(9-13)34-2)29-21(32)19-18(24)20-28-15(11-3-5-12(23)6-4-11)10-17(22(25,26)27)31(20)30-19/h3-9,15,17,28H,10H2,1-2H3,(H,29,32)/t15-,17+/m0/s1. The van der Waals surface area contributed by atoms with Crippen LogP contribution in [0.5, 0.6) is 11.5 Å². The third-order valence-electron chi connectivity index (χ3n) is 5.44. The second-order valence-corrected chi connectivity index (χ2v) is 8.81. The Bertz CT molecular complexity index is 1220. The third-order valence-corrected chi connectivity index (χ3v) is 6.33. The van der Waals surface area contributed by atoms with E-state index in [-0.39, 0.29) is 28.6 Å². The maximum absolute atomic E-state index is 14.0. The Kier molecular flexibility index (Phi) is 6.68. The van der Waals surface area contributed by atoms with Crippen molar-refractivity contribution in [2.75, 3.05) is 24.9 Å². The van der Waals surface area contributed by atoms with Crippen LogP contribution in [-0.4, -0.2) is 36.1 Å². The van der Waals surface area contributed by atoms with E-state index in [0.29, 0.717) is 17.1 Å². The van der Waals surface area contributed by atoms with E-state index in [4.69, 9.17) is 21.1 Å². The molecule has 0 radical (unpaired) electrons. The predicted octanol–water partition coefficient (Wildman–Crippen LogP) is 6.23. The van der Waals surface area contributed by atoms with Crippen molar-refractivity contribution in [2.24, 2.45) is 0 Å². The van der Waals surface area contributed by atoms with Gasteiger partial charge in [0.15, 0.2) is 11.7 Å². The molecule has 1 aliphatic heterocycles. The Morgan fingerprint density at radius 2 is 1.91 bits per heavy atom. The summed E-state index contributed by atoms with van der Waals surface area (Å²) in [5.74, 6) is -0.0516. The van der Waals surface area contributed by atoms with Gasteiger partial charge in [0.25, 0.3) is 5.91 Å². The summed E-state index contributed by atoms with van der Waals surface area (Å²) in [4.78, 5) is 12.9. The molecule has 0 saturated heterocycles. The molecule has 1 aromatic heterocycles. The summed E-state index contributed by atoms with van der Waals surface area (Å²) in [5.41, 5.74) is 0.589. The molecule has 1 amide bonds. The van der Waals surface area contributed by atoms with Gasteiger partial charge in [0.1, 0.15) is 22.3 Å². The van der Waals surface area contributed by atoms with E-state index in [1.807, 2.05) is 0 Å². The van der Waals surface area contributed by atoms with Gasteiger partial charge in [0.2, 0.25) is 0 Å². The summed E-state index contributed by atoms with van der Waals surface area (Å²) in [6.45, 7) is 0. The molecule has 0 spiro atoms. The van der Waals surface area contributed by atoms with Crippen LogP contribution in [0.3, 0.4) is 0 Å². The topological polar surface area (TPSA) is 77.4 Å². The van der Waals surface area contributed by atoms with E-state index in [2.05, 4.69) is 31.7 Å². The molecule has 0 saturated carbocycles. The maximum Gasteiger partial charge on any atom is 0.410 e. The monoisotopic (exact) mass is 558 g/mol. The molecule has 0 aliphatic carbocycles. The number of ether oxygens (including phenoxy) is 2. The SMILES string of the molecule is COc1ccc(NC(=O)c2nn3c(c2Cl)N[C@H](c2ccc(Br)cc2)C[C@@H]3C(F)(F)F)c(OC)c1. The van der Waals surface area contributed by atoms with Crippen molar-refractivity contribution in [3.05, 3.63) is 63.2 Å². The molecule has 1 aliphatic rings. The van der Waals surface area contributed by atoms with Gasteiger partial charge in [-0.05, 0) is 29.8 Å². The Morgan fingerprint density at radius 3 is 2.53 bits per heavy atom. The van der Waals surface area contributed by atoms with Crippen LogP contribution in [0.25, 0.3) is 0 Å². The fourth-order valence-corrected chi connectivity index (χ4v) is 4.26. The second kappa shape index (κ2) is 9.38. The summed E-state index contributed by atoms with van der Waals surface area (Å²) >= 11 is 9.70. The van der Waals surface area contributed by atoms with E-state index in [0.717, 1.165) is 9.15 Å². The lowest BCUT2D eigenvalue weighted by Crippen LogP contribution is -2.35. The highest BCUT2D eigenvalue weighted by Crippen LogP contribution is 2.46. The molecule has 4 rings (SSSR count). The first kappa shape index (κ1) is 24.2. The molecule has 2 atom stereocenters. The number of alkyl halides is 3. The van der Waals surface area contributed by atoms with E-state index in [1.165, 1.54) is 14.2 Å². The van der Waals surface area contributed by atoms with E-state index in [9.17, 15) is 18.0 Å². The zero-order valence-electron chi connectivity index (χ0n) is 17.9. The van der Waals surface area contributed by atoms with E-state index >= 15 is 0 Å². The molecule has 7 nitrogen and oxygen atoms in total. The van der Waals surface area contributed by atoms with Gasteiger partial charge in [-0.25, -0.2) is 4.68 Å². The average molecular weight is 560 g/mol. The molecule has 0 unspecified atom stereocenters. The van der Waals surface area contributed by atoms with Crippen molar-refractivity contribution < 1.29 is 27.4 Å². The summed E-state index contributed by atoms with van der Waals surface area (Å²) in [6, 6.07) is 8.98. The molecular formula is C22H19BrClF3N4O3. The highest BCUT2D eigenvalue weighted by molar-refractivity contribution is 9.10. The number of nitrogens with one attached hydrogen (secondary N) is 2. The molecular weight excluding hydrogens is 541 g/mol. The first-order valence-corrected chi connectivity index (χ1v) is 11.2. The number of fused-ring (bicyclic) bond motifs is 1. The number of carbonyl (C=O) groups excluding carboxylic acids is 1. The molecule has 2 heterocycles. The molecule has 34 heavy (non-hydrogen) atoms. The Morgan fingerprint density at radius 1 is 1.21 bits per heavy atom. The van der Waals surface area contributed by atoms with Crippen molar-refractivity contribution in [3.8, 4) is 11.5 Å². The number of nitrogens with zero attached hydrogens (tertiary/aromatic N) is 2. The first-order chi connectivity index (χ1) is 16.1. The Balaban J connectivity index is 1.69. The van der Waals surface area contributed by atoms with Crippen molar-refractivity contribution in [1.82, 2.24) is 9.78 Å².